The van der Waals surface area contributed by atoms with Gasteiger partial charge in [0.2, 0.25) is 0 Å². The van der Waals surface area contributed by atoms with E-state index >= 15 is 0 Å². The Morgan fingerprint density at radius 1 is 1.38 bits per heavy atom. The van der Waals surface area contributed by atoms with Crippen molar-refractivity contribution in [1.29, 1.82) is 0 Å². The summed E-state index contributed by atoms with van der Waals surface area (Å²) in [5.74, 6) is 0.741. The minimum atomic E-state index is 0.649. The average molecular weight is 329 g/mol. The molecule has 88 valence electrons. The van der Waals surface area contributed by atoms with Crippen LogP contribution in [0.4, 0.5) is 0 Å². The Hall–Kier alpha value is -0.0900. The third-order valence-electron chi connectivity index (χ3n) is 3.23. The summed E-state index contributed by atoms with van der Waals surface area (Å²) in [6, 6.07) is 9.63. The highest BCUT2D eigenvalue weighted by molar-refractivity contribution is 14.1. The average Bonchev–Trinajstić information content (AvgIpc) is 2.64. The summed E-state index contributed by atoms with van der Waals surface area (Å²) in [6.07, 6.45) is 3.86. The SMILES string of the molecule is CC(C)Cc1ccccc1C1CCCN1I. The van der Waals surface area contributed by atoms with E-state index in [1.165, 1.54) is 25.8 Å². The summed E-state index contributed by atoms with van der Waals surface area (Å²) in [6.45, 7) is 5.84. The molecule has 1 unspecified atom stereocenters. The molecule has 1 aliphatic rings. The molecule has 1 atom stereocenters. The predicted molar refractivity (Wildman–Crippen MR) is 77.7 cm³/mol. The van der Waals surface area contributed by atoms with Crippen molar-refractivity contribution in [2.24, 2.45) is 5.92 Å². The van der Waals surface area contributed by atoms with Crippen LogP contribution in [-0.2, 0) is 6.42 Å². The molecule has 0 bridgehead atoms. The van der Waals surface area contributed by atoms with Crippen LogP contribution >= 0.6 is 22.9 Å². The molecule has 1 aromatic carbocycles. The quantitative estimate of drug-likeness (QED) is 0.588. The molecule has 16 heavy (non-hydrogen) atoms. The van der Waals surface area contributed by atoms with E-state index in [2.05, 4.69) is 64.1 Å². The van der Waals surface area contributed by atoms with Crippen molar-refractivity contribution in [2.45, 2.75) is 39.2 Å². The first kappa shape index (κ1) is 12.4. The molecule has 0 radical (unpaired) electrons. The molecule has 1 nitrogen and oxygen atoms in total. The van der Waals surface area contributed by atoms with Gasteiger partial charge in [-0.3, -0.25) is 0 Å². The lowest BCUT2D eigenvalue weighted by Gasteiger charge is -2.21. The van der Waals surface area contributed by atoms with Gasteiger partial charge in [-0.1, -0.05) is 38.1 Å². The van der Waals surface area contributed by atoms with Crippen LogP contribution in [0.25, 0.3) is 0 Å². The van der Waals surface area contributed by atoms with E-state index in [4.69, 9.17) is 0 Å². The Morgan fingerprint density at radius 2 is 2.12 bits per heavy atom. The fraction of sp³-hybridized carbons (Fsp3) is 0.571. The van der Waals surface area contributed by atoms with Crippen molar-refractivity contribution >= 4 is 22.9 Å². The topological polar surface area (TPSA) is 3.24 Å². The van der Waals surface area contributed by atoms with Gasteiger partial charge in [0.05, 0.1) is 0 Å². The van der Waals surface area contributed by atoms with E-state index in [0.29, 0.717) is 6.04 Å². The smallest absolute Gasteiger partial charge is 0.0446 e. The standard InChI is InChI=1S/C14H20IN/c1-11(2)10-12-6-3-4-7-13(12)14-8-5-9-16(14)15/h3-4,6-7,11,14H,5,8-10H2,1-2H3. The maximum Gasteiger partial charge on any atom is 0.0446 e. The molecule has 0 spiro atoms. The van der Waals surface area contributed by atoms with Gasteiger partial charge < -0.3 is 0 Å². The molecule has 1 fully saturated rings. The molecule has 2 heteroatoms. The van der Waals surface area contributed by atoms with Gasteiger partial charge in [-0.25, -0.2) is 3.11 Å². The van der Waals surface area contributed by atoms with E-state index in [1.807, 2.05) is 0 Å². The van der Waals surface area contributed by atoms with Crippen LogP contribution in [0.15, 0.2) is 24.3 Å². The summed E-state index contributed by atoms with van der Waals surface area (Å²) in [4.78, 5) is 0. The zero-order chi connectivity index (χ0) is 11.5. The van der Waals surface area contributed by atoms with E-state index in [9.17, 15) is 0 Å². The second-order valence-electron chi connectivity index (χ2n) is 5.08. The molecule has 1 heterocycles. The van der Waals surface area contributed by atoms with Crippen LogP contribution in [-0.4, -0.2) is 9.66 Å². The lowest BCUT2D eigenvalue weighted by Crippen LogP contribution is -2.13. The Bertz CT molecular complexity index is 348. The first-order chi connectivity index (χ1) is 7.68. The molecular weight excluding hydrogens is 309 g/mol. The Kier molecular flexibility index (Phi) is 4.25. The van der Waals surface area contributed by atoms with Gasteiger partial charge in [0.1, 0.15) is 0 Å². The van der Waals surface area contributed by atoms with Gasteiger partial charge in [0.15, 0.2) is 0 Å². The Morgan fingerprint density at radius 3 is 2.75 bits per heavy atom. The molecule has 2 rings (SSSR count). The van der Waals surface area contributed by atoms with Crippen molar-refractivity contribution in [3.8, 4) is 0 Å². The highest BCUT2D eigenvalue weighted by Gasteiger charge is 2.25. The van der Waals surface area contributed by atoms with Crippen LogP contribution in [0.2, 0.25) is 0 Å². The third-order valence-corrected chi connectivity index (χ3v) is 4.38. The highest BCUT2D eigenvalue weighted by atomic mass is 127. The van der Waals surface area contributed by atoms with Gasteiger partial charge in [-0.2, -0.15) is 0 Å². The van der Waals surface area contributed by atoms with Crippen molar-refractivity contribution in [3.05, 3.63) is 35.4 Å². The summed E-state index contributed by atoms with van der Waals surface area (Å²) < 4.78 is 2.47. The molecule has 0 aliphatic carbocycles. The predicted octanol–water partition coefficient (Wildman–Crippen LogP) is 4.37. The van der Waals surface area contributed by atoms with Gasteiger partial charge in [0.25, 0.3) is 0 Å². The Balaban J connectivity index is 2.25. The number of hydrogen-bond acceptors (Lipinski definition) is 1. The lowest BCUT2D eigenvalue weighted by atomic mass is 9.93. The zero-order valence-corrected chi connectivity index (χ0v) is 12.3. The van der Waals surface area contributed by atoms with Gasteiger partial charge in [-0.05, 0) is 36.3 Å². The van der Waals surface area contributed by atoms with Gasteiger partial charge in [0, 0.05) is 35.5 Å². The Labute approximate surface area is 113 Å². The second kappa shape index (κ2) is 5.50. The molecule has 0 amide bonds. The van der Waals surface area contributed by atoms with Crippen molar-refractivity contribution in [1.82, 2.24) is 3.11 Å². The number of nitrogens with zero attached hydrogens (tertiary/aromatic N) is 1. The molecule has 1 saturated heterocycles. The van der Waals surface area contributed by atoms with Crippen LogP contribution in [0.3, 0.4) is 0 Å². The van der Waals surface area contributed by atoms with Crippen molar-refractivity contribution in [2.75, 3.05) is 6.54 Å². The number of hydrogen-bond donors (Lipinski definition) is 0. The maximum absolute atomic E-state index is 2.48. The molecule has 1 aliphatic heterocycles. The highest BCUT2D eigenvalue weighted by Crippen LogP contribution is 2.36. The summed E-state index contributed by atoms with van der Waals surface area (Å²) in [5, 5.41) is 0. The van der Waals surface area contributed by atoms with E-state index in [1.54, 1.807) is 11.1 Å². The lowest BCUT2D eigenvalue weighted by molar-refractivity contribution is 0.482. The van der Waals surface area contributed by atoms with E-state index in [0.717, 1.165) is 5.92 Å². The summed E-state index contributed by atoms with van der Waals surface area (Å²) in [7, 11) is 0. The third kappa shape index (κ3) is 2.77. The molecule has 0 aromatic heterocycles. The number of rotatable bonds is 3. The maximum atomic E-state index is 2.48. The van der Waals surface area contributed by atoms with Crippen molar-refractivity contribution in [3.63, 3.8) is 0 Å². The van der Waals surface area contributed by atoms with Crippen LogP contribution in [0.5, 0.6) is 0 Å². The summed E-state index contributed by atoms with van der Waals surface area (Å²) >= 11 is 2.48. The molecule has 0 N–H and O–H groups in total. The van der Waals surface area contributed by atoms with Crippen LogP contribution in [0, 0.1) is 5.92 Å². The number of benzene rings is 1. The summed E-state index contributed by atoms with van der Waals surface area (Å²) in [5.41, 5.74) is 3.11. The first-order valence-electron chi connectivity index (χ1n) is 6.18. The van der Waals surface area contributed by atoms with Crippen LogP contribution < -0.4 is 0 Å². The second-order valence-corrected chi connectivity index (χ2v) is 6.32. The minimum Gasteiger partial charge on any atom is -0.240 e. The fourth-order valence-electron chi connectivity index (χ4n) is 2.52. The first-order valence-corrected chi connectivity index (χ1v) is 7.15. The largest absolute Gasteiger partial charge is 0.240 e. The van der Waals surface area contributed by atoms with Crippen LogP contribution in [0.1, 0.15) is 43.9 Å². The molecule has 0 saturated carbocycles. The van der Waals surface area contributed by atoms with Gasteiger partial charge in [-0.15, -0.1) is 0 Å². The van der Waals surface area contributed by atoms with Crippen molar-refractivity contribution < 1.29 is 0 Å². The normalized spacial score (nSPS) is 21.9. The monoisotopic (exact) mass is 329 g/mol. The minimum absolute atomic E-state index is 0.649. The molecule has 1 aromatic rings. The van der Waals surface area contributed by atoms with Gasteiger partial charge >= 0.3 is 0 Å². The fourth-order valence-corrected chi connectivity index (χ4v) is 3.44. The zero-order valence-electron chi connectivity index (χ0n) is 10.1. The molecular formula is C14H20IN. The van der Waals surface area contributed by atoms with E-state index < -0.39 is 0 Å². The van der Waals surface area contributed by atoms with E-state index in [-0.39, 0.29) is 0 Å². The number of halogens is 1.